The third-order valence-corrected chi connectivity index (χ3v) is 2.68. The number of esters is 1. The first-order valence-corrected chi connectivity index (χ1v) is 5.78. The van der Waals surface area contributed by atoms with Crippen LogP contribution >= 0.6 is 0 Å². The highest BCUT2D eigenvalue weighted by atomic mass is 16.5. The van der Waals surface area contributed by atoms with Crippen LogP contribution in [0.4, 0.5) is 0 Å². The van der Waals surface area contributed by atoms with Crippen molar-refractivity contribution in [3.63, 3.8) is 0 Å². The monoisotopic (exact) mass is 224 g/mol. The van der Waals surface area contributed by atoms with Gasteiger partial charge in [0.05, 0.1) is 7.11 Å². The number of aromatic nitrogens is 2. The molecule has 0 radical (unpaired) electrons. The second kappa shape index (κ2) is 7.04. The molecule has 0 spiro atoms. The number of carbonyl (C=O) groups is 1. The van der Waals surface area contributed by atoms with Crippen LogP contribution in [0, 0.1) is 6.92 Å². The Kier molecular flexibility index (Phi) is 5.61. The van der Waals surface area contributed by atoms with Crippen LogP contribution in [0.3, 0.4) is 0 Å². The summed E-state index contributed by atoms with van der Waals surface area (Å²) in [6, 6.07) is 0. The molecule has 0 aliphatic rings. The first kappa shape index (κ1) is 12.7. The fourth-order valence-electron chi connectivity index (χ4n) is 1.65. The fraction of sp³-hybridized carbons (Fsp3) is 0.667. The summed E-state index contributed by atoms with van der Waals surface area (Å²) in [4.78, 5) is 15.0. The van der Waals surface area contributed by atoms with Gasteiger partial charge in [-0.3, -0.25) is 4.79 Å². The molecule has 0 bridgehead atoms. The van der Waals surface area contributed by atoms with Crippen molar-refractivity contribution < 1.29 is 9.53 Å². The maximum Gasteiger partial charge on any atom is 0.305 e. The van der Waals surface area contributed by atoms with Gasteiger partial charge >= 0.3 is 5.97 Å². The average Bonchev–Trinajstić information content (AvgIpc) is 2.69. The van der Waals surface area contributed by atoms with E-state index in [9.17, 15) is 4.79 Å². The number of nitrogens with zero attached hydrogens (tertiary/aromatic N) is 2. The molecule has 1 aromatic rings. The zero-order chi connectivity index (χ0) is 11.8. The van der Waals surface area contributed by atoms with E-state index in [-0.39, 0.29) is 5.97 Å². The van der Waals surface area contributed by atoms with Crippen LogP contribution < -0.4 is 0 Å². The molecule has 0 unspecified atom stereocenters. The Balaban J connectivity index is 2.00. The van der Waals surface area contributed by atoms with Gasteiger partial charge in [0.2, 0.25) is 0 Å². The highest BCUT2D eigenvalue weighted by Crippen LogP contribution is 2.06. The van der Waals surface area contributed by atoms with Crippen LogP contribution in [0.5, 0.6) is 0 Å². The molecule has 0 saturated carbocycles. The Morgan fingerprint density at radius 3 is 2.75 bits per heavy atom. The lowest BCUT2D eigenvalue weighted by Crippen LogP contribution is -2.01. The molecule has 0 amide bonds. The lowest BCUT2D eigenvalue weighted by Gasteiger charge is -2.04. The number of aryl methyl sites for hydroxylation is 2. The van der Waals surface area contributed by atoms with E-state index in [0.717, 1.165) is 38.1 Å². The molecule has 1 aromatic heterocycles. The van der Waals surface area contributed by atoms with E-state index >= 15 is 0 Å². The van der Waals surface area contributed by atoms with Gasteiger partial charge < -0.3 is 9.30 Å². The standard InChI is InChI=1S/C12H20N2O2/c1-11-13-8-10-14(11)9-6-4-3-5-7-12(15)16-2/h8,10H,3-7,9H2,1-2H3. The van der Waals surface area contributed by atoms with Gasteiger partial charge in [0, 0.05) is 25.4 Å². The molecule has 1 rings (SSSR count). The molecule has 4 nitrogen and oxygen atoms in total. The Bertz CT molecular complexity index is 321. The average molecular weight is 224 g/mol. The van der Waals surface area contributed by atoms with Crippen molar-refractivity contribution in [3.8, 4) is 0 Å². The van der Waals surface area contributed by atoms with Crippen molar-refractivity contribution in [1.82, 2.24) is 9.55 Å². The van der Waals surface area contributed by atoms with Gasteiger partial charge in [0.15, 0.2) is 0 Å². The molecule has 0 N–H and O–H groups in total. The summed E-state index contributed by atoms with van der Waals surface area (Å²) >= 11 is 0. The zero-order valence-corrected chi connectivity index (χ0v) is 10.1. The lowest BCUT2D eigenvalue weighted by molar-refractivity contribution is -0.140. The smallest absolute Gasteiger partial charge is 0.305 e. The maximum absolute atomic E-state index is 10.8. The van der Waals surface area contributed by atoms with Gasteiger partial charge in [-0.05, 0) is 19.8 Å². The number of imidazole rings is 1. The van der Waals surface area contributed by atoms with Crippen molar-refractivity contribution >= 4 is 5.97 Å². The third-order valence-electron chi connectivity index (χ3n) is 2.68. The van der Waals surface area contributed by atoms with Crippen LogP contribution in [0.25, 0.3) is 0 Å². The molecule has 1 heterocycles. The summed E-state index contributed by atoms with van der Waals surface area (Å²) in [6.07, 6.45) is 8.67. The summed E-state index contributed by atoms with van der Waals surface area (Å²) in [5.41, 5.74) is 0. The Hall–Kier alpha value is -1.32. The number of ether oxygens (including phenoxy) is 1. The topological polar surface area (TPSA) is 44.1 Å². The number of methoxy groups -OCH3 is 1. The second-order valence-electron chi connectivity index (χ2n) is 3.91. The largest absolute Gasteiger partial charge is 0.469 e. The van der Waals surface area contributed by atoms with Crippen LogP contribution in [0.2, 0.25) is 0 Å². The minimum absolute atomic E-state index is 0.106. The van der Waals surface area contributed by atoms with Crippen molar-refractivity contribution in [2.45, 2.75) is 45.6 Å². The van der Waals surface area contributed by atoms with Crippen molar-refractivity contribution in [1.29, 1.82) is 0 Å². The number of hydrogen-bond donors (Lipinski definition) is 0. The minimum atomic E-state index is -0.106. The highest BCUT2D eigenvalue weighted by Gasteiger charge is 2.00. The predicted octanol–water partition coefficient (Wildman–Crippen LogP) is 2.32. The van der Waals surface area contributed by atoms with Crippen molar-refractivity contribution in [3.05, 3.63) is 18.2 Å². The van der Waals surface area contributed by atoms with E-state index in [1.165, 1.54) is 7.11 Å². The Morgan fingerprint density at radius 2 is 2.12 bits per heavy atom. The minimum Gasteiger partial charge on any atom is -0.469 e. The molecule has 0 aliphatic carbocycles. The summed E-state index contributed by atoms with van der Waals surface area (Å²) in [7, 11) is 1.43. The second-order valence-corrected chi connectivity index (χ2v) is 3.91. The van der Waals surface area contributed by atoms with E-state index in [4.69, 9.17) is 0 Å². The SMILES string of the molecule is COC(=O)CCCCCCn1ccnc1C. The first-order valence-electron chi connectivity index (χ1n) is 5.78. The van der Waals surface area contributed by atoms with Crippen molar-refractivity contribution in [2.75, 3.05) is 7.11 Å². The quantitative estimate of drug-likeness (QED) is 0.527. The molecule has 0 saturated heterocycles. The van der Waals surface area contributed by atoms with Crippen LogP contribution in [0.15, 0.2) is 12.4 Å². The Morgan fingerprint density at radius 1 is 1.38 bits per heavy atom. The normalized spacial score (nSPS) is 10.4. The predicted molar refractivity (Wildman–Crippen MR) is 62.1 cm³/mol. The molecule has 0 aliphatic heterocycles. The van der Waals surface area contributed by atoms with E-state index < -0.39 is 0 Å². The van der Waals surface area contributed by atoms with E-state index in [2.05, 4.69) is 14.3 Å². The Labute approximate surface area is 96.6 Å². The number of hydrogen-bond acceptors (Lipinski definition) is 3. The van der Waals surface area contributed by atoms with Gasteiger partial charge in [-0.2, -0.15) is 0 Å². The van der Waals surface area contributed by atoms with Gasteiger partial charge in [-0.1, -0.05) is 12.8 Å². The van der Waals surface area contributed by atoms with E-state index in [1.54, 1.807) is 0 Å². The third kappa shape index (κ3) is 4.47. The molecule has 90 valence electrons. The molecule has 0 atom stereocenters. The van der Waals surface area contributed by atoms with Crippen molar-refractivity contribution in [2.24, 2.45) is 0 Å². The van der Waals surface area contributed by atoms with Gasteiger partial charge in [-0.15, -0.1) is 0 Å². The lowest BCUT2D eigenvalue weighted by atomic mass is 10.1. The van der Waals surface area contributed by atoms with Crippen LogP contribution in [-0.4, -0.2) is 22.6 Å². The van der Waals surface area contributed by atoms with Gasteiger partial charge in [0.25, 0.3) is 0 Å². The molecular formula is C12H20N2O2. The molecule has 16 heavy (non-hydrogen) atoms. The van der Waals surface area contributed by atoms with E-state index in [1.807, 2.05) is 19.3 Å². The summed E-state index contributed by atoms with van der Waals surface area (Å²) < 4.78 is 6.73. The van der Waals surface area contributed by atoms with Gasteiger partial charge in [0.1, 0.15) is 5.82 Å². The number of rotatable bonds is 7. The van der Waals surface area contributed by atoms with Crippen LogP contribution in [0.1, 0.15) is 37.9 Å². The number of unbranched alkanes of at least 4 members (excludes halogenated alkanes) is 3. The highest BCUT2D eigenvalue weighted by molar-refractivity contribution is 5.68. The molecule has 4 heteroatoms. The van der Waals surface area contributed by atoms with Crippen LogP contribution in [-0.2, 0) is 16.1 Å². The maximum atomic E-state index is 10.8. The molecule has 0 aromatic carbocycles. The molecular weight excluding hydrogens is 204 g/mol. The first-order chi connectivity index (χ1) is 7.74. The summed E-state index contributed by atoms with van der Waals surface area (Å²) in [5.74, 6) is 0.958. The fourth-order valence-corrected chi connectivity index (χ4v) is 1.65. The number of carbonyl (C=O) groups excluding carboxylic acids is 1. The summed E-state index contributed by atoms with van der Waals surface area (Å²) in [5, 5.41) is 0. The van der Waals surface area contributed by atoms with E-state index in [0.29, 0.717) is 6.42 Å². The molecule has 0 fully saturated rings. The zero-order valence-electron chi connectivity index (χ0n) is 10.1. The van der Waals surface area contributed by atoms with Gasteiger partial charge in [-0.25, -0.2) is 4.98 Å². The summed E-state index contributed by atoms with van der Waals surface area (Å²) in [6.45, 7) is 3.03.